The molecule has 3 heterocycles. The molecule has 1 aromatic carbocycles. The van der Waals surface area contributed by atoms with Crippen molar-refractivity contribution in [1.29, 1.82) is 0 Å². The molecule has 2 aromatic rings. The Kier molecular flexibility index (Phi) is 4.98. The first-order valence-electron chi connectivity index (χ1n) is 9.25. The van der Waals surface area contributed by atoms with Gasteiger partial charge in [0.25, 0.3) is 0 Å². The molecule has 9 heteroatoms. The van der Waals surface area contributed by atoms with Crippen molar-refractivity contribution in [2.24, 2.45) is 0 Å². The number of carboxylic acid groups (broad SMARTS) is 1. The summed E-state index contributed by atoms with van der Waals surface area (Å²) in [6, 6.07) is 8.97. The number of cyclic esters (lactones) is 1. The van der Waals surface area contributed by atoms with Gasteiger partial charge in [0.1, 0.15) is 18.4 Å². The third-order valence-electron chi connectivity index (χ3n) is 5.21. The van der Waals surface area contributed by atoms with Gasteiger partial charge in [-0.05, 0) is 23.8 Å². The number of aromatic nitrogens is 1. The number of ether oxygens (including phenoxy) is 2. The molecule has 2 aliphatic rings. The van der Waals surface area contributed by atoms with Crippen LogP contribution < -0.4 is 9.64 Å². The molecule has 1 aromatic heterocycles. The Bertz CT molecular complexity index is 932. The Morgan fingerprint density at radius 3 is 2.79 bits per heavy atom. The summed E-state index contributed by atoms with van der Waals surface area (Å²) in [7, 11) is 1.52. The van der Waals surface area contributed by atoms with Crippen molar-refractivity contribution in [3.8, 4) is 16.9 Å². The van der Waals surface area contributed by atoms with Gasteiger partial charge >= 0.3 is 12.2 Å². The van der Waals surface area contributed by atoms with Crippen LogP contribution in [-0.4, -0.2) is 71.2 Å². The molecule has 4 rings (SSSR count). The van der Waals surface area contributed by atoms with Crippen LogP contribution in [0.3, 0.4) is 0 Å². The first kappa shape index (κ1) is 19.0. The number of hydrogen-bond donors (Lipinski definition) is 2. The van der Waals surface area contributed by atoms with E-state index >= 15 is 0 Å². The molecule has 29 heavy (non-hydrogen) atoms. The van der Waals surface area contributed by atoms with Crippen LogP contribution in [0, 0.1) is 0 Å². The van der Waals surface area contributed by atoms with E-state index in [4.69, 9.17) is 14.6 Å². The third-order valence-corrected chi connectivity index (χ3v) is 5.21. The predicted molar refractivity (Wildman–Crippen MR) is 103 cm³/mol. The number of benzene rings is 1. The van der Waals surface area contributed by atoms with Crippen molar-refractivity contribution in [3.05, 3.63) is 42.2 Å². The number of fused-ring (bicyclic) bond motifs is 3. The zero-order chi connectivity index (χ0) is 20.5. The summed E-state index contributed by atoms with van der Waals surface area (Å²) in [6.07, 6.45) is 0.219. The van der Waals surface area contributed by atoms with E-state index in [1.54, 1.807) is 12.3 Å². The van der Waals surface area contributed by atoms with Crippen LogP contribution in [0.25, 0.3) is 11.1 Å². The maximum Gasteiger partial charge on any atom is 0.415 e. The van der Waals surface area contributed by atoms with E-state index in [1.807, 2.05) is 24.3 Å². The monoisotopic (exact) mass is 399 g/mol. The largest absolute Gasteiger partial charge is 0.489 e. The lowest BCUT2D eigenvalue weighted by Crippen LogP contribution is -2.45. The quantitative estimate of drug-likeness (QED) is 0.790. The van der Waals surface area contributed by atoms with E-state index in [0.717, 1.165) is 16.8 Å². The van der Waals surface area contributed by atoms with Gasteiger partial charge < -0.3 is 24.6 Å². The molecule has 2 amide bonds. The molecular formula is C20H21N3O6. The van der Waals surface area contributed by atoms with Gasteiger partial charge in [-0.2, -0.15) is 0 Å². The van der Waals surface area contributed by atoms with Gasteiger partial charge in [-0.3, -0.25) is 9.88 Å². The van der Waals surface area contributed by atoms with Crippen LogP contribution in [-0.2, 0) is 11.2 Å². The Hall–Kier alpha value is -3.33. The summed E-state index contributed by atoms with van der Waals surface area (Å²) >= 11 is 0. The minimum Gasteiger partial charge on any atom is -0.489 e. The smallest absolute Gasteiger partial charge is 0.415 e. The van der Waals surface area contributed by atoms with E-state index < -0.39 is 18.3 Å². The van der Waals surface area contributed by atoms with Crippen molar-refractivity contribution in [2.75, 3.05) is 31.7 Å². The summed E-state index contributed by atoms with van der Waals surface area (Å²) in [4.78, 5) is 30.2. The molecule has 152 valence electrons. The first-order chi connectivity index (χ1) is 14.0. The number of hydrogen-bond acceptors (Lipinski definition) is 6. The zero-order valence-electron chi connectivity index (χ0n) is 15.8. The van der Waals surface area contributed by atoms with Gasteiger partial charge in [0.15, 0.2) is 6.10 Å². The SMILES string of the molecule is CN(CCc1ccc(-c2ccc3c(c2)OC[C@H]2[C@H](CO)OC(=O)N32)cn1)C(=O)O. The molecule has 2 aliphatic heterocycles. The number of nitrogens with zero attached hydrogens (tertiary/aromatic N) is 3. The van der Waals surface area contributed by atoms with Gasteiger partial charge in [-0.1, -0.05) is 12.1 Å². The number of pyridine rings is 1. The Balaban J connectivity index is 1.51. The number of aliphatic hydroxyl groups excluding tert-OH is 1. The normalized spacial score (nSPS) is 19.8. The lowest BCUT2D eigenvalue weighted by atomic mass is 10.0. The van der Waals surface area contributed by atoms with Gasteiger partial charge in [0, 0.05) is 37.5 Å². The Labute approximate surface area is 167 Å². The minimum absolute atomic E-state index is 0.246. The van der Waals surface area contributed by atoms with E-state index in [-0.39, 0.29) is 19.3 Å². The number of amides is 2. The predicted octanol–water partition coefficient (Wildman–Crippen LogP) is 1.98. The molecule has 0 saturated carbocycles. The molecule has 1 fully saturated rings. The summed E-state index contributed by atoms with van der Waals surface area (Å²) in [6.45, 7) is 0.377. The number of aliphatic hydroxyl groups is 1. The molecular weight excluding hydrogens is 378 g/mol. The standard InChI is InChI=1S/C20H21N3O6/c1-22(19(25)26)7-6-14-4-2-13(9-21-14)12-3-5-15-17(8-12)28-11-16-18(10-24)29-20(27)23(15)16/h2-5,8-9,16,18,24H,6-7,10-11H2,1H3,(H,25,26)/t16-,18-/m0/s1. The second-order valence-electron chi connectivity index (χ2n) is 7.03. The lowest BCUT2D eigenvalue weighted by molar-refractivity contribution is 0.0734. The summed E-state index contributed by atoms with van der Waals surface area (Å²) < 4.78 is 11.0. The molecule has 0 unspecified atom stereocenters. The molecule has 0 spiro atoms. The van der Waals surface area contributed by atoms with Crippen LogP contribution in [0.2, 0.25) is 0 Å². The van der Waals surface area contributed by atoms with E-state index in [2.05, 4.69) is 4.98 Å². The van der Waals surface area contributed by atoms with Crippen LogP contribution in [0.15, 0.2) is 36.5 Å². The molecule has 0 radical (unpaired) electrons. The van der Waals surface area contributed by atoms with Crippen molar-refractivity contribution >= 4 is 17.9 Å². The van der Waals surface area contributed by atoms with E-state index in [0.29, 0.717) is 24.4 Å². The van der Waals surface area contributed by atoms with E-state index in [9.17, 15) is 14.7 Å². The second-order valence-corrected chi connectivity index (χ2v) is 7.03. The fourth-order valence-electron chi connectivity index (χ4n) is 3.49. The van der Waals surface area contributed by atoms with Crippen molar-refractivity contribution in [2.45, 2.75) is 18.6 Å². The van der Waals surface area contributed by atoms with Crippen LogP contribution >= 0.6 is 0 Å². The Morgan fingerprint density at radius 1 is 1.31 bits per heavy atom. The van der Waals surface area contributed by atoms with Crippen molar-refractivity contribution in [3.63, 3.8) is 0 Å². The molecule has 1 saturated heterocycles. The zero-order valence-corrected chi connectivity index (χ0v) is 15.8. The van der Waals surface area contributed by atoms with Crippen LogP contribution in [0.1, 0.15) is 5.69 Å². The second kappa shape index (κ2) is 7.59. The third kappa shape index (κ3) is 3.56. The highest BCUT2D eigenvalue weighted by Gasteiger charge is 2.46. The van der Waals surface area contributed by atoms with Crippen LogP contribution in [0.4, 0.5) is 15.3 Å². The molecule has 0 bridgehead atoms. The summed E-state index contributed by atoms with van der Waals surface area (Å²) in [5, 5.41) is 18.3. The topological polar surface area (TPSA) is 112 Å². The average Bonchev–Trinajstić information content (AvgIpc) is 3.08. The molecule has 2 atom stereocenters. The number of rotatable bonds is 5. The highest BCUT2D eigenvalue weighted by molar-refractivity contribution is 5.94. The summed E-state index contributed by atoms with van der Waals surface area (Å²) in [5.41, 5.74) is 3.18. The maximum absolute atomic E-state index is 12.2. The highest BCUT2D eigenvalue weighted by Crippen LogP contribution is 2.40. The minimum atomic E-state index is -0.967. The van der Waals surface area contributed by atoms with Gasteiger partial charge in [-0.15, -0.1) is 0 Å². The van der Waals surface area contributed by atoms with Crippen molar-refractivity contribution in [1.82, 2.24) is 9.88 Å². The molecule has 2 N–H and O–H groups in total. The average molecular weight is 399 g/mol. The fraction of sp³-hybridized carbons (Fsp3) is 0.350. The molecule has 0 aliphatic carbocycles. The molecule has 9 nitrogen and oxygen atoms in total. The fourth-order valence-corrected chi connectivity index (χ4v) is 3.49. The number of likely N-dealkylation sites (N-methyl/N-ethyl adjacent to an activating group) is 1. The summed E-state index contributed by atoms with van der Waals surface area (Å²) in [5.74, 6) is 0.571. The first-order valence-corrected chi connectivity index (χ1v) is 9.25. The van der Waals surface area contributed by atoms with Crippen molar-refractivity contribution < 1.29 is 29.3 Å². The lowest BCUT2D eigenvalue weighted by Gasteiger charge is -2.31. The van der Waals surface area contributed by atoms with Gasteiger partial charge in [-0.25, -0.2) is 9.59 Å². The number of carbonyl (C=O) groups is 2. The highest BCUT2D eigenvalue weighted by atomic mass is 16.6. The number of carbonyl (C=O) groups excluding carboxylic acids is 1. The van der Waals surface area contributed by atoms with E-state index in [1.165, 1.54) is 16.8 Å². The van der Waals surface area contributed by atoms with Gasteiger partial charge in [0.05, 0.1) is 12.3 Å². The van der Waals surface area contributed by atoms with Crippen LogP contribution in [0.5, 0.6) is 5.75 Å². The van der Waals surface area contributed by atoms with Gasteiger partial charge in [0.2, 0.25) is 0 Å². The Morgan fingerprint density at radius 2 is 2.10 bits per heavy atom. The number of anilines is 1. The maximum atomic E-state index is 12.2.